The number of halogens is 1. The molecule has 0 saturated carbocycles. The molecule has 0 aliphatic carbocycles. The summed E-state index contributed by atoms with van der Waals surface area (Å²) in [6.45, 7) is 7.96. The smallest absolute Gasteiger partial charge is 0.238 e. The first-order chi connectivity index (χ1) is 9.44. The van der Waals surface area contributed by atoms with E-state index in [0.717, 1.165) is 24.3 Å². The van der Waals surface area contributed by atoms with Crippen LogP contribution >= 0.6 is 11.6 Å². The summed E-state index contributed by atoms with van der Waals surface area (Å²) in [5.41, 5.74) is 1.78. The van der Waals surface area contributed by atoms with Gasteiger partial charge in [0.2, 0.25) is 5.91 Å². The van der Waals surface area contributed by atoms with Crippen LogP contribution in [0.3, 0.4) is 0 Å². The number of hydrogen-bond acceptors (Lipinski definition) is 3. The summed E-state index contributed by atoms with van der Waals surface area (Å²) in [4.78, 5) is 14.2. The molecule has 0 aromatic heterocycles. The lowest BCUT2D eigenvalue weighted by Gasteiger charge is -2.34. The van der Waals surface area contributed by atoms with Gasteiger partial charge in [-0.25, -0.2) is 0 Å². The molecule has 0 radical (unpaired) electrons. The molecule has 1 aliphatic rings. The Morgan fingerprint density at radius 2 is 2.05 bits per heavy atom. The fraction of sp³-hybridized carbons (Fsp3) is 0.533. The first-order valence-corrected chi connectivity index (χ1v) is 7.25. The zero-order valence-electron chi connectivity index (χ0n) is 12.1. The van der Waals surface area contributed by atoms with Gasteiger partial charge in [0.1, 0.15) is 0 Å². The zero-order chi connectivity index (χ0) is 14.7. The second kappa shape index (κ2) is 6.57. The Balaban J connectivity index is 1.93. The summed E-state index contributed by atoms with van der Waals surface area (Å²) >= 11 is 5.95. The Labute approximate surface area is 125 Å². The number of ether oxygens (including phenoxy) is 1. The number of benzene rings is 1. The summed E-state index contributed by atoms with van der Waals surface area (Å²) in [7, 11) is 0. The van der Waals surface area contributed by atoms with Crippen LogP contribution in [0.1, 0.15) is 19.4 Å². The SMILES string of the molecule is Cc1ccc(Cl)cc1NC(=O)CN1C[C@H](C)O[C@@H](C)C1. The molecule has 1 fully saturated rings. The molecule has 20 heavy (non-hydrogen) atoms. The van der Waals surface area contributed by atoms with Gasteiger partial charge in [-0.3, -0.25) is 9.69 Å². The van der Waals surface area contributed by atoms with E-state index >= 15 is 0 Å². The fourth-order valence-electron chi connectivity index (χ4n) is 2.54. The number of aryl methyl sites for hydroxylation is 1. The first kappa shape index (κ1) is 15.3. The minimum atomic E-state index is -0.0170. The van der Waals surface area contributed by atoms with Crippen molar-refractivity contribution in [3.05, 3.63) is 28.8 Å². The lowest BCUT2D eigenvalue weighted by Crippen LogP contribution is -2.48. The van der Waals surface area contributed by atoms with Crippen molar-refractivity contribution >= 4 is 23.2 Å². The van der Waals surface area contributed by atoms with Gasteiger partial charge >= 0.3 is 0 Å². The van der Waals surface area contributed by atoms with E-state index in [9.17, 15) is 4.79 Å². The molecule has 2 rings (SSSR count). The molecular formula is C15H21ClN2O2. The number of carbonyl (C=O) groups is 1. The molecule has 2 atom stereocenters. The Bertz CT molecular complexity index is 483. The monoisotopic (exact) mass is 296 g/mol. The number of nitrogens with one attached hydrogen (secondary N) is 1. The topological polar surface area (TPSA) is 41.6 Å². The van der Waals surface area contributed by atoms with E-state index < -0.39 is 0 Å². The molecule has 1 aliphatic heterocycles. The van der Waals surface area contributed by atoms with Crippen molar-refractivity contribution in [3.63, 3.8) is 0 Å². The third-order valence-corrected chi connectivity index (χ3v) is 3.57. The molecule has 0 spiro atoms. The Morgan fingerprint density at radius 1 is 1.40 bits per heavy atom. The molecule has 4 nitrogen and oxygen atoms in total. The van der Waals surface area contributed by atoms with Gasteiger partial charge in [-0.2, -0.15) is 0 Å². The Hall–Kier alpha value is -1.10. The quantitative estimate of drug-likeness (QED) is 0.932. The molecule has 1 amide bonds. The van der Waals surface area contributed by atoms with Crippen molar-refractivity contribution in [1.82, 2.24) is 4.90 Å². The van der Waals surface area contributed by atoms with Gasteiger partial charge in [0, 0.05) is 23.8 Å². The molecule has 5 heteroatoms. The second-order valence-corrected chi connectivity index (χ2v) is 5.90. The largest absolute Gasteiger partial charge is 0.373 e. The van der Waals surface area contributed by atoms with E-state index in [0.29, 0.717) is 11.6 Å². The summed E-state index contributed by atoms with van der Waals surface area (Å²) in [6, 6.07) is 5.49. The van der Waals surface area contributed by atoms with E-state index in [1.165, 1.54) is 0 Å². The number of morpholine rings is 1. The highest BCUT2D eigenvalue weighted by Gasteiger charge is 2.23. The standard InChI is InChI=1S/C15H21ClN2O2/c1-10-4-5-13(16)6-14(10)17-15(19)9-18-7-11(2)20-12(3)8-18/h4-6,11-12H,7-9H2,1-3H3,(H,17,19)/t11-,12-/m0/s1. The van der Waals surface area contributed by atoms with E-state index in [1.54, 1.807) is 6.07 Å². The Morgan fingerprint density at radius 3 is 2.70 bits per heavy atom. The van der Waals surface area contributed by atoms with Crippen molar-refractivity contribution < 1.29 is 9.53 Å². The van der Waals surface area contributed by atoms with Crippen LogP contribution in [0.25, 0.3) is 0 Å². The number of carbonyl (C=O) groups excluding carboxylic acids is 1. The molecule has 1 heterocycles. The summed E-state index contributed by atoms with van der Waals surface area (Å²) < 4.78 is 5.66. The fourth-order valence-corrected chi connectivity index (χ4v) is 2.71. The van der Waals surface area contributed by atoms with Gasteiger partial charge in [-0.15, -0.1) is 0 Å². The van der Waals surface area contributed by atoms with Crippen molar-refractivity contribution in [3.8, 4) is 0 Å². The molecule has 1 saturated heterocycles. The number of hydrogen-bond donors (Lipinski definition) is 1. The maximum absolute atomic E-state index is 12.1. The zero-order valence-corrected chi connectivity index (χ0v) is 12.9. The number of nitrogens with zero attached hydrogens (tertiary/aromatic N) is 1. The molecule has 1 aromatic carbocycles. The first-order valence-electron chi connectivity index (χ1n) is 6.88. The van der Waals surface area contributed by atoms with Crippen LogP contribution in [0.15, 0.2) is 18.2 Å². The minimum Gasteiger partial charge on any atom is -0.373 e. The average molecular weight is 297 g/mol. The average Bonchev–Trinajstić information content (AvgIpc) is 2.32. The van der Waals surface area contributed by atoms with Crippen LogP contribution in [-0.4, -0.2) is 42.6 Å². The molecule has 1 aromatic rings. The van der Waals surface area contributed by atoms with Crippen LogP contribution in [0.5, 0.6) is 0 Å². The van der Waals surface area contributed by atoms with Crippen LogP contribution < -0.4 is 5.32 Å². The molecular weight excluding hydrogens is 276 g/mol. The number of anilines is 1. The third kappa shape index (κ3) is 4.20. The third-order valence-electron chi connectivity index (χ3n) is 3.34. The van der Waals surface area contributed by atoms with E-state index in [-0.39, 0.29) is 18.1 Å². The summed E-state index contributed by atoms with van der Waals surface area (Å²) in [5, 5.41) is 3.55. The Kier molecular flexibility index (Phi) is 5.02. The lowest BCUT2D eigenvalue weighted by molar-refractivity contribution is -0.121. The van der Waals surface area contributed by atoms with Gasteiger partial charge in [0.05, 0.1) is 18.8 Å². The highest BCUT2D eigenvalue weighted by Crippen LogP contribution is 2.20. The van der Waals surface area contributed by atoms with Crippen LogP contribution in [-0.2, 0) is 9.53 Å². The van der Waals surface area contributed by atoms with Crippen molar-refractivity contribution in [2.75, 3.05) is 25.0 Å². The van der Waals surface area contributed by atoms with Crippen LogP contribution in [0.4, 0.5) is 5.69 Å². The summed E-state index contributed by atoms with van der Waals surface area (Å²) in [5.74, 6) is -0.0170. The molecule has 0 bridgehead atoms. The van der Waals surface area contributed by atoms with Crippen molar-refractivity contribution in [2.24, 2.45) is 0 Å². The number of rotatable bonds is 3. The van der Waals surface area contributed by atoms with Gasteiger partial charge in [-0.05, 0) is 38.5 Å². The molecule has 0 unspecified atom stereocenters. The summed E-state index contributed by atoms with van der Waals surface area (Å²) in [6.07, 6.45) is 0.332. The van der Waals surface area contributed by atoms with E-state index in [4.69, 9.17) is 16.3 Å². The van der Waals surface area contributed by atoms with Gasteiger partial charge in [0.15, 0.2) is 0 Å². The normalized spacial score (nSPS) is 23.6. The van der Waals surface area contributed by atoms with Gasteiger partial charge in [-0.1, -0.05) is 17.7 Å². The van der Waals surface area contributed by atoms with E-state index in [1.807, 2.05) is 32.9 Å². The highest BCUT2D eigenvalue weighted by molar-refractivity contribution is 6.31. The van der Waals surface area contributed by atoms with Crippen LogP contribution in [0, 0.1) is 6.92 Å². The van der Waals surface area contributed by atoms with Crippen LogP contribution in [0.2, 0.25) is 5.02 Å². The second-order valence-electron chi connectivity index (χ2n) is 5.46. The molecule has 1 N–H and O–H groups in total. The predicted molar refractivity (Wildman–Crippen MR) is 81.3 cm³/mol. The maximum atomic E-state index is 12.1. The highest BCUT2D eigenvalue weighted by atomic mass is 35.5. The lowest BCUT2D eigenvalue weighted by atomic mass is 10.2. The maximum Gasteiger partial charge on any atom is 0.238 e. The minimum absolute atomic E-state index is 0.0170. The van der Waals surface area contributed by atoms with Crippen molar-refractivity contribution in [1.29, 1.82) is 0 Å². The predicted octanol–water partition coefficient (Wildman–Crippen LogP) is 2.70. The number of amides is 1. The van der Waals surface area contributed by atoms with Crippen molar-refractivity contribution in [2.45, 2.75) is 33.0 Å². The molecule has 110 valence electrons. The van der Waals surface area contributed by atoms with Gasteiger partial charge < -0.3 is 10.1 Å². The van der Waals surface area contributed by atoms with E-state index in [2.05, 4.69) is 10.2 Å². The van der Waals surface area contributed by atoms with Gasteiger partial charge in [0.25, 0.3) is 0 Å².